The van der Waals surface area contributed by atoms with Crippen molar-refractivity contribution in [2.45, 2.75) is 46.3 Å². The van der Waals surface area contributed by atoms with Crippen molar-refractivity contribution in [3.05, 3.63) is 29.3 Å². The van der Waals surface area contributed by atoms with Crippen LogP contribution >= 0.6 is 0 Å². The smallest absolute Gasteiger partial charge is 0.0546 e. The van der Waals surface area contributed by atoms with E-state index in [9.17, 15) is 5.11 Å². The molecule has 118 valence electrons. The van der Waals surface area contributed by atoms with Crippen LogP contribution in [0, 0.1) is 18.8 Å². The zero-order valence-electron chi connectivity index (χ0n) is 13.9. The van der Waals surface area contributed by atoms with Gasteiger partial charge in [0.25, 0.3) is 0 Å². The van der Waals surface area contributed by atoms with Crippen LogP contribution in [0.2, 0.25) is 0 Å². The van der Waals surface area contributed by atoms with E-state index >= 15 is 0 Å². The first-order valence-electron chi connectivity index (χ1n) is 8.15. The zero-order valence-corrected chi connectivity index (χ0v) is 13.9. The van der Waals surface area contributed by atoms with E-state index in [1.807, 2.05) is 0 Å². The predicted molar refractivity (Wildman–Crippen MR) is 89.7 cm³/mol. The van der Waals surface area contributed by atoms with Crippen molar-refractivity contribution in [3.63, 3.8) is 0 Å². The lowest BCUT2D eigenvalue weighted by molar-refractivity contribution is 0.0464. The molecule has 1 aliphatic rings. The minimum Gasteiger partial charge on any atom is -0.393 e. The fraction of sp³-hybridized carbons (Fsp3) is 0.667. The Hall–Kier alpha value is -1.06. The summed E-state index contributed by atoms with van der Waals surface area (Å²) < 4.78 is 0. The molecule has 0 aromatic heterocycles. The highest BCUT2D eigenvalue weighted by molar-refractivity contribution is 5.54. The molecular formula is C18H30N2O. The standard InChI is InChI=1S/C18H30N2O/c1-13(2)10-19-11-16-7-14(3)5-6-18(16)20(4)12-15-8-17(21)9-15/h5-7,13,15,17,19,21H,8-12H2,1-4H3. The van der Waals surface area contributed by atoms with Crippen LogP contribution in [-0.4, -0.2) is 31.3 Å². The summed E-state index contributed by atoms with van der Waals surface area (Å²) in [6.45, 7) is 9.63. The molecule has 1 aliphatic carbocycles. The summed E-state index contributed by atoms with van der Waals surface area (Å²) in [5.41, 5.74) is 4.00. The summed E-state index contributed by atoms with van der Waals surface area (Å²) in [4.78, 5) is 2.35. The molecule has 3 heteroatoms. The Balaban J connectivity index is 1.99. The fourth-order valence-electron chi connectivity index (χ4n) is 3.06. The molecule has 3 nitrogen and oxygen atoms in total. The summed E-state index contributed by atoms with van der Waals surface area (Å²) in [6, 6.07) is 6.71. The number of aryl methyl sites for hydroxylation is 1. The molecule has 0 bridgehead atoms. The van der Waals surface area contributed by atoms with Gasteiger partial charge in [0.2, 0.25) is 0 Å². The minimum absolute atomic E-state index is 0.0615. The Bertz CT molecular complexity index is 453. The molecule has 0 atom stereocenters. The van der Waals surface area contributed by atoms with Gasteiger partial charge in [0.1, 0.15) is 0 Å². The van der Waals surface area contributed by atoms with Crippen molar-refractivity contribution in [2.75, 3.05) is 25.0 Å². The Morgan fingerprint density at radius 2 is 2.05 bits per heavy atom. The predicted octanol–water partition coefficient (Wildman–Crippen LogP) is 2.95. The summed E-state index contributed by atoms with van der Waals surface area (Å²) in [6.07, 6.45) is 1.85. The molecule has 2 N–H and O–H groups in total. The highest BCUT2D eigenvalue weighted by Gasteiger charge is 2.28. The number of anilines is 1. The van der Waals surface area contributed by atoms with Crippen LogP contribution in [0.1, 0.15) is 37.8 Å². The highest BCUT2D eigenvalue weighted by Crippen LogP contribution is 2.30. The number of hydrogen-bond donors (Lipinski definition) is 2. The second-order valence-electron chi connectivity index (χ2n) is 7.03. The fourth-order valence-corrected chi connectivity index (χ4v) is 3.06. The molecule has 2 rings (SSSR count). The van der Waals surface area contributed by atoms with Gasteiger partial charge in [-0.05, 0) is 49.8 Å². The van der Waals surface area contributed by atoms with E-state index in [4.69, 9.17) is 0 Å². The average Bonchev–Trinajstić information content (AvgIpc) is 2.36. The van der Waals surface area contributed by atoms with Crippen molar-refractivity contribution >= 4 is 5.69 Å². The summed E-state index contributed by atoms with van der Waals surface area (Å²) in [5.74, 6) is 1.32. The minimum atomic E-state index is -0.0615. The molecule has 21 heavy (non-hydrogen) atoms. The number of aliphatic hydroxyl groups excluding tert-OH is 1. The third-order valence-corrected chi connectivity index (χ3v) is 4.26. The normalized spacial score (nSPS) is 21.4. The van der Waals surface area contributed by atoms with Crippen LogP contribution in [0.3, 0.4) is 0 Å². The van der Waals surface area contributed by atoms with E-state index in [0.29, 0.717) is 11.8 Å². The largest absolute Gasteiger partial charge is 0.393 e. The maximum absolute atomic E-state index is 9.43. The molecule has 0 spiro atoms. The van der Waals surface area contributed by atoms with Crippen molar-refractivity contribution in [3.8, 4) is 0 Å². The second kappa shape index (κ2) is 7.28. The topological polar surface area (TPSA) is 35.5 Å². The van der Waals surface area contributed by atoms with E-state index < -0.39 is 0 Å². The van der Waals surface area contributed by atoms with Crippen LogP contribution in [0.25, 0.3) is 0 Å². The molecule has 1 aromatic rings. The Morgan fingerprint density at radius 1 is 1.33 bits per heavy atom. The number of hydrogen-bond acceptors (Lipinski definition) is 3. The highest BCUT2D eigenvalue weighted by atomic mass is 16.3. The molecule has 0 unspecified atom stereocenters. The number of aliphatic hydroxyl groups is 1. The molecule has 0 aliphatic heterocycles. The van der Waals surface area contributed by atoms with Gasteiger partial charge in [-0.1, -0.05) is 31.5 Å². The molecule has 1 aromatic carbocycles. The van der Waals surface area contributed by atoms with E-state index in [1.54, 1.807) is 0 Å². The van der Waals surface area contributed by atoms with Gasteiger partial charge in [-0.25, -0.2) is 0 Å². The monoisotopic (exact) mass is 290 g/mol. The number of nitrogens with zero attached hydrogens (tertiary/aromatic N) is 1. The van der Waals surface area contributed by atoms with Gasteiger partial charge in [-0.2, -0.15) is 0 Å². The van der Waals surface area contributed by atoms with Gasteiger partial charge in [0, 0.05) is 25.8 Å². The van der Waals surface area contributed by atoms with E-state index in [0.717, 1.165) is 32.5 Å². The van der Waals surface area contributed by atoms with Crippen molar-refractivity contribution in [2.24, 2.45) is 11.8 Å². The van der Waals surface area contributed by atoms with Gasteiger partial charge in [-0.15, -0.1) is 0 Å². The lowest BCUT2D eigenvalue weighted by Gasteiger charge is -2.36. The Kier molecular flexibility index (Phi) is 5.65. The summed E-state index contributed by atoms with van der Waals surface area (Å²) >= 11 is 0. The first-order valence-corrected chi connectivity index (χ1v) is 8.15. The third-order valence-electron chi connectivity index (χ3n) is 4.26. The Labute approximate surface area is 129 Å². The van der Waals surface area contributed by atoms with Crippen molar-refractivity contribution in [1.82, 2.24) is 5.32 Å². The van der Waals surface area contributed by atoms with Crippen LogP contribution in [-0.2, 0) is 6.54 Å². The van der Waals surface area contributed by atoms with E-state index in [1.165, 1.54) is 16.8 Å². The third kappa shape index (κ3) is 4.72. The van der Waals surface area contributed by atoms with E-state index in [2.05, 4.69) is 56.2 Å². The second-order valence-corrected chi connectivity index (χ2v) is 7.03. The summed E-state index contributed by atoms with van der Waals surface area (Å²) in [5, 5.41) is 13.0. The van der Waals surface area contributed by atoms with Gasteiger partial charge in [-0.3, -0.25) is 0 Å². The lowest BCUT2D eigenvalue weighted by atomic mass is 9.82. The quantitative estimate of drug-likeness (QED) is 0.810. The van der Waals surface area contributed by atoms with Crippen LogP contribution in [0.5, 0.6) is 0 Å². The van der Waals surface area contributed by atoms with Gasteiger partial charge in [0.15, 0.2) is 0 Å². The molecule has 0 amide bonds. The summed E-state index contributed by atoms with van der Waals surface area (Å²) in [7, 11) is 2.17. The van der Waals surface area contributed by atoms with Gasteiger partial charge >= 0.3 is 0 Å². The molecule has 1 fully saturated rings. The molecule has 1 saturated carbocycles. The molecule has 0 saturated heterocycles. The average molecular weight is 290 g/mol. The lowest BCUT2D eigenvalue weighted by Crippen LogP contribution is -2.37. The van der Waals surface area contributed by atoms with Crippen LogP contribution < -0.4 is 10.2 Å². The molecule has 0 heterocycles. The van der Waals surface area contributed by atoms with Gasteiger partial charge < -0.3 is 15.3 Å². The number of nitrogens with one attached hydrogen (secondary N) is 1. The number of rotatable bonds is 7. The Morgan fingerprint density at radius 3 is 2.67 bits per heavy atom. The maximum Gasteiger partial charge on any atom is 0.0546 e. The SMILES string of the molecule is Cc1ccc(N(C)CC2CC(O)C2)c(CNCC(C)C)c1. The van der Waals surface area contributed by atoms with Crippen molar-refractivity contribution < 1.29 is 5.11 Å². The maximum atomic E-state index is 9.43. The van der Waals surface area contributed by atoms with Crippen LogP contribution in [0.4, 0.5) is 5.69 Å². The first-order chi connectivity index (χ1) is 9.95. The van der Waals surface area contributed by atoms with Crippen molar-refractivity contribution in [1.29, 1.82) is 0 Å². The van der Waals surface area contributed by atoms with Crippen LogP contribution in [0.15, 0.2) is 18.2 Å². The first kappa shape index (κ1) is 16.3. The number of benzene rings is 1. The van der Waals surface area contributed by atoms with E-state index in [-0.39, 0.29) is 6.10 Å². The zero-order chi connectivity index (χ0) is 15.4. The molecule has 0 radical (unpaired) electrons. The van der Waals surface area contributed by atoms with Gasteiger partial charge in [0.05, 0.1) is 6.10 Å². The molecular weight excluding hydrogens is 260 g/mol.